The Bertz CT molecular complexity index is 183. The van der Waals surface area contributed by atoms with Gasteiger partial charge < -0.3 is 9.84 Å². The number of aliphatic hydroxyl groups is 1. The maximum Gasteiger partial charge on any atom is 0.176 e. The van der Waals surface area contributed by atoms with Crippen molar-refractivity contribution in [3.63, 3.8) is 0 Å². The molecule has 0 saturated carbocycles. The monoisotopic (exact) mass is 190 g/mol. The number of aliphatic hydroxyl groups excluding tert-OH is 1. The van der Waals surface area contributed by atoms with E-state index >= 15 is 0 Å². The van der Waals surface area contributed by atoms with Crippen molar-refractivity contribution in [2.24, 2.45) is 0 Å². The van der Waals surface area contributed by atoms with E-state index in [9.17, 15) is 9.90 Å². The van der Waals surface area contributed by atoms with Crippen LogP contribution in [0.1, 0.15) is 19.8 Å². The van der Waals surface area contributed by atoms with Gasteiger partial charge in [-0.3, -0.25) is 4.79 Å². The molecule has 1 saturated heterocycles. The number of ketones is 1. The van der Waals surface area contributed by atoms with Crippen LogP contribution in [0.3, 0.4) is 0 Å². The van der Waals surface area contributed by atoms with Crippen LogP contribution in [0.25, 0.3) is 0 Å². The summed E-state index contributed by atoms with van der Waals surface area (Å²) in [5.41, 5.74) is -1.01. The Morgan fingerprint density at radius 3 is 3.00 bits per heavy atom. The summed E-state index contributed by atoms with van der Waals surface area (Å²) >= 11 is 3.88. The Morgan fingerprint density at radius 1 is 1.83 bits per heavy atom. The number of ether oxygens (including phenoxy) is 1. The summed E-state index contributed by atoms with van der Waals surface area (Å²) in [7, 11) is 0. The van der Waals surface area contributed by atoms with Gasteiger partial charge in [-0.25, -0.2) is 0 Å². The smallest absolute Gasteiger partial charge is 0.176 e. The normalized spacial score (nSPS) is 36.4. The van der Waals surface area contributed by atoms with Crippen molar-refractivity contribution in [2.45, 2.75) is 31.5 Å². The minimum absolute atomic E-state index is 0.119. The van der Waals surface area contributed by atoms with E-state index in [1.165, 1.54) is 0 Å². The van der Waals surface area contributed by atoms with Gasteiger partial charge in [0, 0.05) is 6.61 Å². The molecule has 1 fully saturated rings. The minimum atomic E-state index is -1.01. The predicted octanol–water partition coefficient (Wildman–Crippen LogP) is 0.415. The van der Waals surface area contributed by atoms with Crippen molar-refractivity contribution >= 4 is 18.4 Å². The first-order valence-electron chi connectivity index (χ1n) is 4.07. The van der Waals surface area contributed by atoms with Crippen LogP contribution in [-0.2, 0) is 9.53 Å². The molecule has 0 bridgehead atoms. The molecule has 1 N–H and O–H groups in total. The second-order valence-corrected chi connectivity index (χ2v) is 3.51. The Morgan fingerprint density at radius 2 is 2.50 bits per heavy atom. The van der Waals surface area contributed by atoms with Gasteiger partial charge in [-0.05, 0) is 19.8 Å². The average molecular weight is 190 g/mol. The first-order chi connectivity index (χ1) is 5.61. The van der Waals surface area contributed by atoms with E-state index < -0.39 is 11.7 Å². The number of thiol groups is 1. The Kier molecular flexibility index (Phi) is 3.15. The lowest BCUT2D eigenvalue weighted by molar-refractivity contribution is -0.167. The number of hydrogen-bond acceptors (Lipinski definition) is 4. The lowest BCUT2D eigenvalue weighted by Gasteiger charge is -2.36. The largest absolute Gasteiger partial charge is 0.390 e. The highest BCUT2D eigenvalue weighted by Crippen LogP contribution is 2.26. The summed E-state index contributed by atoms with van der Waals surface area (Å²) in [6.07, 6.45) is 0.776. The van der Waals surface area contributed by atoms with Gasteiger partial charge in [0.15, 0.2) is 5.78 Å². The van der Waals surface area contributed by atoms with Crippen LogP contribution in [0, 0.1) is 0 Å². The zero-order valence-corrected chi connectivity index (χ0v) is 8.01. The molecule has 0 aromatic rings. The van der Waals surface area contributed by atoms with E-state index in [4.69, 9.17) is 4.74 Å². The lowest BCUT2D eigenvalue weighted by atomic mass is 9.89. The van der Waals surface area contributed by atoms with Gasteiger partial charge >= 0.3 is 0 Å². The molecule has 1 heterocycles. The number of hydrogen-bond donors (Lipinski definition) is 2. The molecular formula is C8H14O3S. The minimum Gasteiger partial charge on any atom is -0.390 e. The van der Waals surface area contributed by atoms with Gasteiger partial charge in [-0.1, -0.05) is 0 Å². The maximum atomic E-state index is 11.3. The molecule has 0 aromatic carbocycles. The highest BCUT2D eigenvalue weighted by molar-refractivity contribution is 7.81. The van der Waals surface area contributed by atoms with Crippen molar-refractivity contribution in [1.82, 2.24) is 0 Å². The van der Waals surface area contributed by atoms with Gasteiger partial charge in [0.1, 0.15) is 5.60 Å². The fourth-order valence-electron chi connectivity index (χ4n) is 1.36. The van der Waals surface area contributed by atoms with Crippen LogP contribution in [0.4, 0.5) is 0 Å². The lowest BCUT2D eigenvalue weighted by Crippen LogP contribution is -2.52. The van der Waals surface area contributed by atoms with Gasteiger partial charge in [0.25, 0.3) is 0 Å². The summed E-state index contributed by atoms with van der Waals surface area (Å²) in [6.45, 7) is 2.18. The molecule has 70 valence electrons. The van der Waals surface area contributed by atoms with Gasteiger partial charge in [0.2, 0.25) is 0 Å². The van der Waals surface area contributed by atoms with Crippen LogP contribution in [0.2, 0.25) is 0 Å². The van der Waals surface area contributed by atoms with E-state index in [-0.39, 0.29) is 11.5 Å². The Hall–Kier alpha value is -0.0600. The third-order valence-electron chi connectivity index (χ3n) is 2.36. The number of rotatable bonds is 2. The molecule has 1 aliphatic rings. The highest BCUT2D eigenvalue weighted by Gasteiger charge is 2.42. The van der Waals surface area contributed by atoms with Crippen LogP contribution < -0.4 is 0 Å². The molecule has 0 radical (unpaired) electrons. The number of Topliss-reactive ketones (excluding diaryl/α,β-unsaturated/α-hetero) is 1. The number of carbonyl (C=O) groups is 1. The maximum absolute atomic E-state index is 11.3. The second-order valence-electron chi connectivity index (χ2n) is 3.19. The van der Waals surface area contributed by atoms with Crippen molar-refractivity contribution in [1.29, 1.82) is 0 Å². The standard InChI is InChI=1S/C8H14O3S/c1-8(7(10)5-12)6(9)3-2-4-11-8/h6,9,12H,2-5H2,1H3. The summed E-state index contributed by atoms with van der Waals surface area (Å²) in [5, 5.41) is 9.55. The third kappa shape index (κ3) is 1.65. The van der Waals surface area contributed by atoms with Crippen molar-refractivity contribution in [3.05, 3.63) is 0 Å². The highest BCUT2D eigenvalue weighted by atomic mass is 32.1. The van der Waals surface area contributed by atoms with E-state index in [1.54, 1.807) is 6.92 Å². The molecule has 0 amide bonds. The molecule has 1 aliphatic heterocycles. The zero-order chi connectivity index (χ0) is 9.19. The third-order valence-corrected chi connectivity index (χ3v) is 2.64. The van der Waals surface area contributed by atoms with E-state index in [0.717, 1.165) is 6.42 Å². The van der Waals surface area contributed by atoms with Gasteiger partial charge in [-0.2, -0.15) is 12.6 Å². The van der Waals surface area contributed by atoms with E-state index in [0.29, 0.717) is 13.0 Å². The molecule has 0 spiro atoms. The van der Waals surface area contributed by atoms with Crippen LogP contribution in [0.15, 0.2) is 0 Å². The van der Waals surface area contributed by atoms with Crippen molar-refractivity contribution < 1.29 is 14.6 Å². The molecule has 0 aliphatic carbocycles. The second kappa shape index (κ2) is 3.77. The van der Waals surface area contributed by atoms with E-state index in [1.807, 2.05) is 0 Å². The van der Waals surface area contributed by atoms with Crippen LogP contribution >= 0.6 is 12.6 Å². The van der Waals surface area contributed by atoms with Crippen LogP contribution in [-0.4, -0.2) is 35.0 Å². The molecule has 2 atom stereocenters. The molecule has 2 unspecified atom stereocenters. The molecule has 12 heavy (non-hydrogen) atoms. The molecule has 1 rings (SSSR count). The molecule has 4 heteroatoms. The molecule has 3 nitrogen and oxygen atoms in total. The van der Waals surface area contributed by atoms with E-state index in [2.05, 4.69) is 12.6 Å². The van der Waals surface area contributed by atoms with Crippen molar-refractivity contribution in [3.8, 4) is 0 Å². The van der Waals surface area contributed by atoms with Crippen molar-refractivity contribution in [2.75, 3.05) is 12.4 Å². The predicted molar refractivity (Wildman–Crippen MR) is 48.5 cm³/mol. The molecular weight excluding hydrogens is 176 g/mol. The summed E-state index contributed by atoms with van der Waals surface area (Å²) in [5.74, 6) is -0.0221. The quantitative estimate of drug-likeness (QED) is 0.620. The van der Waals surface area contributed by atoms with Gasteiger partial charge in [0.05, 0.1) is 11.9 Å². The summed E-state index contributed by atoms with van der Waals surface area (Å²) < 4.78 is 5.28. The summed E-state index contributed by atoms with van der Waals surface area (Å²) in [4.78, 5) is 11.3. The fourth-order valence-corrected chi connectivity index (χ4v) is 1.67. The fraction of sp³-hybridized carbons (Fsp3) is 0.875. The first kappa shape index (κ1) is 10.0. The average Bonchev–Trinajstić information content (AvgIpc) is 2.09. The Balaban J connectivity index is 2.72. The SMILES string of the molecule is CC1(C(=O)CS)OCCCC1O. The van der Waals surface area contributed by atoms with Crippen LogP contribution in [0.5, 0.6) is 0 Å². The Labute approximate surface area is 77.5 Å². The first-order valence-corrected chi connectivity index (χ1v) is 4.70. The zero-order valence-electron chi connectivity index (χ0n) is 7.12. The van der Waals surface area contributed by atoms with Gasteiger partial charge in [-0.15, -0.1) is 0 Å². The summed E-state index contributed by atoms with van der Waals surface area (Å²) in [6, 6.07) is 0. The topological polar surface area (TPSA) is 46.5 Å². The number of carbonyl (C=O) groups excluding carboxylic acids is 1. The molecule has 0 aromatic heterocycles.